The van der Waals surface area contributed by atoms with Crippen LogP contribution >= 0.6 is 0 Å². The summed E-state index contributed by atoms with van der Waals surface area (Å²) < 4.78 is 27.9. The predicted molar refractivity (Wildman–Crippen MR) is 132 cm³/mol. The van der Waals surface area contributed by atoms with Crippen molar-refractivity contribution >= 4 is 10.9 Å². The molecule has 0 bridgehead atoms. The van der Waals surface area contributed by atoms with Crippen LogP contribution in [0.5, 0.6) is 0 Å². The number of fused-ring (bicyclic) bond motifs is 1. The van der Waals surface area contributed by atoms with Crippen molar-refractivity contribution in [1.82, 2.24) is 15.1 Å². The first-order chi connectivity index (χ1) is 16.6. The van der Waals surface area contributed by atoms with E-state index in [1.807, 2.05) is 16.8 Å². The van der Waals surface area contributed by atoms with E-state index in [0.717, 1.165) is 61.0 Å². The van der Waals surface area contributed by atoms with Gasteiger partial charge >= 0.3 is 0 Å². The normalized spacial score (nSPS) is 18.9. The van der Waals surface area contributed by atoms with Gasteiger partial charge in [0.05, 0.1) is 18.2 Å². The smallest absolute Gasteiger partial charge is 0.139 e. The molecule has 1 aliphatic carbocycles. The van der Waals surface area contributed by atoms with Gasteiger partial charge in [-0.15, -0.1) is 0 Å². The maximum atomic E-state index is 13.6. The molecule has 1 unspecified atom stereocenters. The number of nitrogens with one attached hydrogen (secondary N) is 1. The van der Waals surface area contributed by atoms with Gasteiger partial charge in [0.25, 0.3) is 0 Å². The zero-order valence-electron chi connectivity index (χ0n) is 20.4. The molecule has 5 rings (SSSR count). The number of benzene rings is 2. The van der Waals surface area contributed by atoms with E-state index in [0.29, 0.717) is 19.3 Å². The quantitative estimate of drug-likeness (QED) is 0.383. The number of rotatable bonds is 10. The lowest BCUT2D eigenvalue weighted by Gasteiger charge is -2.38. The Labute approximate surface area is 201 Å². The van der Waals surface area contributed by atoms with Crippen LogP contribution in [0.1, 0.15) is 74.7 Å². The van der Waals surface area contributed by atoms with Crippen LogP contribution in [0.15, 0.2) is 42.6 Å². The Bertz CT molecular complexity index is 1100. The average Bonchev–Trinajstić information content (AvgIpc) is 3.63. The van der Waals surface area contributed by atoms with Crippen LogP contribution in [0.2, 0.25) is 0 Å². The summed E-state index contributed by atoms with van der Waals surface area (Å²) in [5, 5.41) is 9.48. The monoisotopic (exact) mass is 465 g/mol. The Kier molecular flexibility index (Phi) is 7.00. The molecule has 34 heavy (non-hydrogen) atoms. The van der Waals surface area contributed by atoms with Crippen molar-refractivity contribution < 1.29 is 13.9 Å². The van der Waals surface area contributed by atoms with E-state index in [2.05, 4.69) is 37.5 Å². The van der Waals surface area contributed by atoms with Crippen LogP contribution < -0.4 is 5.32 Å². The summed E-state index contributed by atoms with van der Waals surface area (Å²) in [6.07, 6.45) is 7.48. The van der Waals surface area contributed by atoms with Crippen molar-refractivity contribution in [3.8, 4) is 0 Å². The molecule has 2 fully saturated rings. The number of piperidine rings is 1. The van der Waals surface area contributed by atoms with Gasteiger partial charge in [0.15, 0.2) is 0 Å². The summed E-state index contributed by atoms with van der Waals surface area (Å²) >= 11 is 0. The summed E-state index contributed by atoms with van der Waals surface area (Å²) in [4.78, 5) is 0. The predicted octanol–water partition coefficient (Wildman–Crippen LogP) is 5.84. The van der Waals surface area contributed by atoms with Crippen molar-refractivity contribution in [3.63, 3.8) is 0 Å². The lowest BCUT2D eigenvalue weighted by atomic mass is 9.74. The summed E-state index contributed by atoms with van der Waals surface area (Å²) in [7, 11) is 0. The maximum Gasteiger partial charge on any atom is 0.139 e. The minimum atomic E-state index is -0.195. The van der Waals surface area contributed by atoms with Crippen LogP contribution in [-0.2, 0) is 21.6 Å². The molecule has 1 atom stereocenters. The summed E-state index contributed by atoms with van der Waals surface area (Å²) in [6, 6.07) is 11.6. The van der Waals surface area contributed by atoms with Gasteiger partial charge in [-0.05, 0) is 87.4 Å². The van der Waals surface area contributed by atoms with E-state index in [1.54, 1.807) is 12.1 Å². The summed E-state index contributed by atoms with van der Waals surface area (Å²) in [6.45, 7) is 7.94. The number of hydrogen-bond donors (Lipinski definition) is 1. The highest BCUT2D eigenvalue weighted by atomic mass is 19.1. The molecule has 1 aromatic heterocycles. The second-order valence-corrected chi connectivity index (χ2v) is 10.0. The number of ether oxygens (including phenoxy) is 2. The highest BCUT2D eigenvalue weighted by Crippen LogP contribution is 2.43. The van der Waals surface area contributed by atoms with Crippen molar-refractivity contribution in [2.45, 2.75) is 70.1 Å². The Hall–Kier alpha value is -2.28. The Morgan fingerprint density at radius 2 is 1.94 bits per heavy atom. The first-order valence-corrected chi connectivity index (χ1v) is 12.7. The number of aromatic nitrogens is 2. The van der Waals surface area contributed by atoms with E-state index in [-0.39, 0.29) is 17.3 Å². The van der Waals surface area contributed by atoms with Crippen molar-refractivity contribution in [2.24, 2.45) is 0 Å². The van der Waals surface area contributed by atoms with Crippen molar-refractivity contribution in [1.29, 1.82) is 0 Å². The third kappa shape index (κ3) is 5.04. The topological polar surface area (TPSA) is 48.3 Å². The minimum Gasteiger partial charge on any atom is -0.373 e. The van der Waals surface area contributed by atoms with Crippen LogP contribution in [0, 0.1) is 5.82 Å². The van der Waals surface area contributed by atoms with E-state index < -0.39 is 0 Å². The van der Waals surface area contributed by atoms with E-state index in [1.165, 1.54) is 18.4 Å². The van der Waals surface area contributed by atoms with Gasteiger partial charge in [0, 0.05) is 29.2 Å². The molecule has 1 N–H and O–H groups in total. The fourth-order valence-electron chi connectivity index (χ4n) is 5.17. The van der Waals surface area contributed by atoms with Gasteiger partial charge in [0.1, 0.15) is 12.5 Å². The standard InChI is InChI=1S/C28H36FN3O2/c1-3-14-33-19-32-17-23-15-22(21-4-5-21)16-26(27(23)31-32)20(2)34-18-28(10-12-30-13-11-28)24-6-8-25(29)9-7-24/h6-9,15-17,20-21,30H,3-5,10-14,18-19H2,1-2H3. The van der Waals surface area contributed by atoms with Gasteiger partial charge in [-0.25, -0.2) is 9.07 Å². The molecular weight excluding hydrogens is 429 g/mol. The molecule has 0 radical (unpaired) electrons. The van der Waals surface area contributed by atoms with Crippen LogP contribution in [0.25, 0.3) is 10.9 Å². The zero-order valence-corrected chi connectivity index (χ0v) is 20.4. The first-order valence-electron chi connectivity index (χ1n) is 12.7. The molecular formula is C28H36FN3O2. The van der Waals surface area contributed by atoms with Gasteiger partial charge in [-0.2, -0.15) is 5.10 Å². The Balaban J connectivity index is 1.40. The zero-order chi connectivity index (χ0) is 23.5. The Morgan fingerprint density at radius 1 is 1.18 bits per heavy atom. The highest BCUT2D eigenvalue weighted by molar-refractivity contribution is 5.83. The molecule has 2 aliphatic rings. The van der Waals surface area contributed by atoms with Gasteiger partial charge in [-0.1, -0.05) is 25.1 Å². The molecule has 3 aromatic rings. The van der Waals surface area contributed by atoms with Crippen LogP contribution in [0.4, 0.5) is 4.39 Å². The molecule has 2 aromatic carbocycles. The van der Waals surface area contributed by atoms with Gasteiger partial charge in [-0.3, -0.25) is 0 Å². The van der Waals surface area contributed by atoms with Gasteiger partial charge < -0.3 is 14.8 Å². The lowest BCUT2D eigenvalue weighted by Crippen LogP contribution is -2.43. The molecule has 5 nitrogen and oxygen atoms in total. The molecule has 0 spiro atoms. The summed E-state index contributed by atoms with van der Waals surface area (Å²) in [5.74, 6) is 0.463. The molecule has 1 aliphatic heterocycles. The number of halogens is 1. The molecule has 6 heteroatoms. The fraction of sp³-hybridized carbons (Fsp3) is 0.536. The Morgan fingerprint density at radius 3 is 2.65 bits per heavy atom. The molecule has 2 heterocycles. The van der Waals surface area contributed by atoms with Crippen LogP contribution in [-0.4, -0.2) is 36.1 Å². The largest absolute Gasteiger partial charge is 0.373 e. The SMILES string of the molecule is CCCOCn1cc2cc(C3CC3)cc(C(C)OCC3(c4ccc(F)cc4)CCNCC3)c2n1. The number of hydrogen-bond acceptors (Lipinski definition) is 4. The van der Waals surface area contributed by atoms with Gasteiger partial charge in [0.2, 0.25) is 0 Å². The molecule has 1 saturated carbocycles. The highest BCUT2D eigenvalue weighted by Gasteiger charge is 2.35. The first kappa shape index (κ1) is 23.5. The van der Waals surface area contributed by atoms with Crippen LogP contribution in [0.3, 0.4) is 0 Å². The van der Waals surface area contributed by atoms with Crippen molar-refractivity contribution in [3.05, 3.63) is 65.1 Å². The number of nitrogens with zero attached hydrogens (tertiary/aromatic N) is 2. The summed E-state index contributed by atoms with van der Waals surface area (Å²) in [5.41, 5.74) is 4.60. The average molecular weight is 466 g/mol. The molecule has 0 amide bonds. The van der Waals surface area contributed by atoms with Crippen molar-refractivity contribution in [2.75, 3.05) is 26.3 Å². The van der Waals surface area contributed by atoms with E-state index in [4.69, 9.17) is 14.6 Å². The minimum absolute atomic E-state index is 0.0895. The van der Waals surface area contributed by atoms with E-state index >= 15 is 0 Å². The fourth-order valence-corrected chi connectivity index (χ4v) is 5.17. The molecule has 182 valence electrons. The van der Waals surface area contributed by atoms with E-state index in [9.17, 15) is 4.39 Å². The molecule has 1 saturated heterocycles. The second-order valence-electron chi connectivity index (χ2n) is 10.0. The third-order valence-corrected chi connectivity index (χ3v) is 7.39. The maximum absolute atomic E-state index is 13.6. The second kappa shape index (κ2) is 10.1. The third-order valence-electron chi connectivity index (χ3n) is 7.39. The lowest BCUT2D eigenvalue weighted by molar-refractivity contribution is 0.0171.